The topological polar surface area (TPSA) is 34.9 Å². The van der Waals surface area contributed by atoms with Crippen LogP contribution in [-0.2, 0) is 17.7 Å². The Morgan fingerprint density at radius 3 is 2.45 bits per heavy atom. The first-order valence-electron chi connectivity index (χ1n) is 10.3. The van der Waals surface area contributed by atoms with E-state index in [4.69, 9.17) is 4.98 Å². The molecule has 5 heteroatoms. The number of benzene rings is 2. The summed E-state index contributed by atoms with van der Waals surface area (Å²) in [4.78, 5) is 19.9. The van der Waals surface area contributed by atoms with Gasteiger partial charge in [-0.05, 0) is 28.2 Å². The van der Waals surface area contributed by atoms with Gasteiger partial charge in [-0.25, -0.2) is 4.98 Å². The van der Waals surface area contributed by atoms with Gasteiger partial charge in [0, 0.05) is 17.2 Å². The number of nitrogens with zero attached hydrogens (tertiary/aromatic N) is 2. The van der Waals surface area contributed by atoms with Crippen molar-refractivity contribution >= 4 is 33.3 Å². The molecule has 0 saturated heterocycles. The molecule has 31 heavy (non-hydrogen) atoms. The zero-order valence-electron chi connectivity index (χ0n) is 18.1. The number of rotatable bonds is 6. The van der Waals surface area contributed by atoms with Gasteiger partial charge in [-0.15, -0.1) is 17.9 Å². The van der Waals surface area contributed by atoms with Gasteiger partial charge in [0.2, 0.25) is 0 Å². The van der Waals surface area contributed by atoms with E-state index in [0.29, 0.717) is 11.9 Å². The molecule has 4 aromatic rings. The lowest BCUT2D eigenvalue weighted by atomic mass is 9.87. The maximum atomic E-state index is 13.2. The Balaban J connectivity index is 1.67. The maximum Gasteiger partial charge on any atom is 0.263 e. The summed E-state index contributed by atoms with van der Waals surface area (Å²) in [6.45, 7) is 10.9. The average molecular weight is 447 g/mol. The Bertz CT molecular complexity index is 1260. The Morgan fingerprint density at radius 1 is 1.10 bits per heavy atom. The van der Waals surface area contributed by atoms with Gasteiger partial charge in [0.25, 0.3) is 5.56 Å². The molecule has 4 rings (SSSR count). The SMILES string of the molecule is C=CCn1c(SCc2ccc(C(C)(C)C)cc2)nc2sc(-c3ccccc3)cc2c1=O. The highest BCUT2D eigenvalue weighted by atomic mass is 32.2. The molecule has 0 unspecified atom stereocenters. The molecule has 0 fully saturated rings. The average Bonchev–Trinajstić information content (AvgIpc) is 3.19. The van der Waals surface area contributed by atoms with Crippen LogP contribution >= 0.6 is 23.1 Å². The summed E-state index contributed by atoms with van der Waals surface area (Å²) in [7, 11) is 0. The van der Waals surface area contributed by atoms with E-state index in [1.807, 2.05) is 24.3 Å². The third-order valence-electron chi connectivity index (χ3n) is 5.17. The van der Waals surface area contributed by atoms with Crippen LogP contribution in [0, 0.1) is 0 Å². The molecule has 2 heterocycles. The van der Waals surface area contributed by atoms with E-state index in [0.717, 1.165) is 26.2 Å². The predicted molar refractivity (Wildman–Crippen MR) is 134 cm³/mol. The summed E-state index contributed by atoms with van der Waals surface area (Å²) in [5.74, 6) is 0.760. The van der Waals surface area contributed by atoms with Gasteiger partial charge in [-0.1, -0.05) is 93.2 Å². The highest BCUT2D eigenvalue weighted by Crippen LogP contribution is 2.33. The van der Waals surface area contributed by atoms with Gasteiger partial charge in [0.05, 0.1) is 5.39 Å². The minimum absolute atomic E-state index is 0.00564. The lowest BCUT2D eigenvalue weighted by Gasteiger charge is -2.19. The number of aromatic nitrogens is 2. The quantitative estimate of drug-likeness (QED) is 0.183. The second-order valence-corrected chi connectivity index (χ2v) is 10.5. The fourth-order valence-corrected chi connectivity index (χ4v) is 5.43. The Labute approximate surface area is 191 Å². The Hall–Kier alpha value is -2.63. The van der Waals surface area contributed by atoms with Crippen molar-refractivity contribution in [3.8, 4) is 10.4 Å². The van der Waals surface area contributed by atoms with Crippen LogP contribution in [0.4, 0.5) is 0 Å². The van der Waals surface area contributed by atoms with E-state index in [1.165, 1.54) is 11.1 Å². The monoisotopic (exact) mass is 446 g/mol. The normalized spacial score (nSPS) is 11.7. The summed E-state index contributed by atoms with van der Waals surface area (Å²) in [6.07, 6.45) is 1.75. The van der Waals surface area contributed by atoms with Crippen LogP contribution in [0.2, 0.25) is 0 Å². The van der Waals surface area contributed by atoms with Crippen LogP contribution in [0.15, 0.2) is 83.3 Å². The zero-order valence-corrected chi connectivity index (χ0v) is 19.7. The molecule has 0 amide bonds. The fraction of sp³-hybridized carbons (Fsp3) is 0.231. The first-order valence-corrected chi connectivity index (χ1v) is 12.1. The molecule has 3 nitrogen and oxygen atoms in total. The van der Waals surface area contributed by atoms with Crippen LogP contribution in [0.5, 0.6) is 0 Å². The van der Waals surface area contributed by atoms with Crippen molar-refractivity contribution in [2.24, 2.45) is 0 Å². The van der Waals surface area contributed by atoms with Crippen molar-refractivity contribution in [1.29, 1.82) is 0 Å². The predicted octanol–water partition coefficient (Wildman–Crippen LogP) is 6.90. The molecule has 0 aliphatic carbocycles. The number of thiophene rings is 1. The first-order chi connectivity index (χ1) is 14.9. The van der Waals surface area contributed by atoms with Gasteiger partial charge in [-0.2, -0.15) is 0 Å². The lowest BCUT2D eigenvalue weighted by molar-refractivity contribution is 0.590. The van der Waals surface area contributed by atoms with Gasteiger partial charge >= 0.3 is 0 Å². The molecule has 0 spiro atoms. The van der Waals surface area contributed by atoms with Crippen molar-refractivity contribution < 1.29 is 0 Å². The molecule has 2 aromatic heterocycles. The van der Waals surface area contributed by atoms with E-state index in [2.05, 4.69) is 63.7 Å². The summed E-state index contributed by atoms with van der Waals surface area (Å²) in [5, 5.41) is 1.41. The summed E-state index contributed by atoms with van der Waals surface area (Å²) < 4.78 is 1.73. The molecular weight excluding hydrogens is 420 g/mol. The second-order valence-electron chi connectivity index (χ2n) is 8.53. The number of thioether (sulfide) groups is 1. The molecule has 0 saturated carbocycles. The van der Waals surface area contributed by atoms with Crippen molar-refractivity contribution in [1.82, 2.24) is 9.55 Å². The van der Waals surface area contributed by atoms with Gasteiger partial charge in [-0.3, -0.25) is 9.36 Å². The van der Waals surface area contributed by atoms with Gasteiger partial charge in [0.1, 0.15) is 4.83 Å². The highest BCUT2D eigenvalue weighted by molar-refractivity contribution is 7.98. The maximum absolute atomic E-state index is 13.2. The van der Waals surface area contributed by atoms with Crippen molar-refractivity contribution in [2.75, 3.05) is 0 Å². The molecular formula is C26H26N2OS2. The molecule has 0 aliphatic rings. The van der Waals surface area contributed by atoms with E-state index in [9.17, 15) is 4.79 Å². The molecule has 158 valence electrons. The summed E-state index contributed by atoms with van der Waals surface area (Å²) in [6, 6.07) is 20.8. The van der Waals surface area contributed by atoms with E-state index in [-0.39, 0.29) is 11.0 Å². The summed E-state index contributed by atoms with van der Waals surface area (Å²) >= 11 is 3.17. The minimum Gasteiger partial charge on any atom is -0.283 e. The summed E-state index contributed by atoms with van der Waals surface area (Å²) in [5.41, 5.74) is 3.77. The molecule has 0 radical (unpaired) electrons. The standard InChI is InChI=1S/C26H26N2OS2/c1-5-15-28-24(29)21-16-22(19-9-7-6-8-10-19)31-23(21)27-25(28)30-17-18-11-13-20(14-12-18)26(2,3)4/h5-14,16H,1,15,17H2,2-4H3. The number of allylic oxidation sites excluding steroid dienone is 1. The molecule has 0 atom stereocenters. The van der Waals surface area contributed by atoms with Crippen LogP contribution in [0.1, 0.15) is 31.9 Å². The van der Waals surface area contributed by atoms with E-state index >= 15 is 0 Å². The van der Waals surface area contributed by atoms with Gasteiger partial charge < -0.3 is 0 Å². The Morgan fingerprint density at radius 2 is 1.81 bits per heavy atom. The molecule has 0 aliphatic heterocycles. The van der Waals surface area contributed by atoms with Crippen molar-refractivity contribution in [3.05, 3.63) is 94.8 Å². The van der Waals surface area contributed by atoms with Crippen LogP contribution in [-0.4, -0.2) is 9.55 Å². The minimum atomic E-state index is -0.00564. The Kier molecular flexibility index (Phi) is 6.17. The fourth-order valence-electron chi connectivity index (χ4n) is 3.39. The van der Waals surface area contributed by atoms with Crippen molar-refractivity contribution in [2.45, 2.75) is 43.6 Å². The molecule has 0 N–H and O–H groups in total. The van der Waals surface area contributed by atoms with Crippen LogP contribution < -0.4 is 5.56 Å². The first kappa shape index (κ1) is 21.6. The van der Waals surface area contributed by atoms with E-state index in [1.54, 1.807) is 33.7 Å². The lowest BCUT2D eigenvalue weighted by Crippen LogP contribution is -2.22. The van der Waals surface area contributed by atoms with Crippen molar-refractivity contribution in [3.63, 3.8) is 0 Å². The third kappa shape index (κ3) is 4.68. The van der Waals surface area contributed by atoms with Gasteiger partial charge in [0.15, 0.2) is 5.16 Å². The number of fused-ring (bicyclic) bond motifs is 1. The number of hydrogen-bond acceptors (Lipinski definition) is 4. The van der Waals surface area contributed by atoms with Crippen LogP contribution in [0.3, 0.4) is 0 Å². The molecule has 0 bridgehead atoms. The zero-order chi connectivity index (χ0) is 22.0. The second kappa shape index (κ2) is 8.85. The smallest absolute Gasteiger partial charge is 0.263 e. The highest BCUT2D eigenvalue weighted by Gasteiger charge is 2.16. The molecule has 2 aromatic carbocycles. The third-order valence-corrected chi connectivity index (χ3v) is 7.30. The number of hydrogen-bond donors (Lipinski definition) is 0. The van der Waals surface area contributed by atoms with Crippen LogP contribution in [0.25, 0.3) is 20.7 Å². The largest absolute Gasteiger partial charge is 0.283 e. The van der Waals surface area contributed by atoms with E-state index < -0.39 is 0 Å².